The number of carboxylic acid groups (broad SMARTS) is 1. The molecule has 0 aliphatic carbocycles. The molecule has 1 atom stereocenters. The first-order chi connectivity index (χ1) is 17.1. The molecular weight excluding hydrogens is 471 g/mol. The Labute approximate surface area is 208 Å². The van der Waals surface area contributed by atoms with Crippen LogP contribution in [0.25, 0.3) is 11.1 Å². The Hall–Kier alpha value is -3.53. The minimum Gasteiger partial charge on any atom is -0.480 e. The van der Waals surface area contributed by atoms with E-state index in [1.807, 2.05) is 42.5 Å². The molecule has 3 aromatic rings. The quantitative estimate of drug-likeness (QED) is 0.256. The van der Waals surface area contributed by atoms with Gasteiger partial charge in [0.2, 0.25) is 0 Å². The number of aldehydes is 1. The fraction of sp³-hybridized carbons (Fsp3) is 0.259. The lowest BCUT2D eigenvalue weighted by Gasteiger charge is -2.06. The van der Waals surface area contributed by atoms with E-state index in [0.717, 1.165) is 36.8 Å². The third-order valence-electron chi connectivity index (χ3n) is 4.93. The fourth-order valence-electron chi connectivity index (χ4n) is 2.89. The molecule has 0 bridgehead atoms. The molecule has 36 heavy (non-hydrogen) atoms. The van der Waals surface area contributed by atoms with Gasteiger partial charge >= 0.3 is 12.1 Å². The summed E-state index contributed by atoms with van der Waals surface area (Å²) >= 11 is 0. The van der Waals surface area contributed by atoms with Crippen molar-refractivity contribution in [3.05, 3.63) is 95.6 Å². The van der Waals surface area contributed by atoms with Gasteiger partial charge in [-0.3, -0.25) is 9.59 Å². The van der Waals surface area contributed by atoms with Gasteiger partial charge in [0.1, 0.15) is 12.3 Å². The number of aliphatic carboxylic acids is 1. The number of hydrogen-bond acceptors (Lipinski definition) is 5. The molecule has 0 radical (unpaired) electrons. The highest BCUT2D eigenvalue weighted by atomic mass is 19.4. The highest BCUT2D eigenvalue weighted by Crippen LogP contribution is 2.29. The third-order valence-corrected chi connectivity index (χ3v) is 4.93. The first-order valence-corrected chi connectivity index (χ1v) is 11.3. The summed E-state index contributed by atoms with van der Waals surface area (Å²) in [6.07, 6.45) is -1.25. The lowest BCUT2D eigenvalue weighted by Crippen LogP contribution is -2.29. The van der Waals surface area contributed by atoms with Crippen LogP contribution in [0.1, 0.15) is 40.7 Å². The fourth-order valence-corrected chi connectivity index (χ4v) is 2.89. The van der Waals surface area contributed by atoms with Gasteiger partial charge in [0, 0.05) is 12.1 Å². The molecule has 0 unspecified atom stereocenters. The standard InChI is InChI=1S/C13H10O.C8H8F3N.C6H14N2O2/c14-10-11-6-8-13(9-7-11)12-4-2-1-3-5-12;9-8(10,11)7-3-1-2-6(4-7)5-12;7-4-2-1-3-5(8)6(9)10/h1-10H;1-4H,5,12H2;5H,1-4,7-8H2,(H,9,10)/t;;5-/m..0/s1. The van der Waals surface area contributed by atoms with Crippen LogP contribution in [-0.4, -0.2) is 29.9 Å². The number of unbranched alkanes of at least 4 members (excludes halogenated alkanes) is 1. The second-order valence-corrected chi connectivity index (χ2v) is 7.74. The van der Waals surface area contributed by atoms with Gasteiger partial charge in [0.15, 0.2) is 0 Å². The molecule has 194 valence electrons. The van der Waals surface area contributed by atoms with Gasteiger partial charge in [-0.15, -0.1) is 0 Å². The van der Waals surface area contributed by atoms with E-state index in [0.29, 0.717) is 24.1 Å². The molecule has 0 heterocycles. The van der Waals surface area contributed by atoms with E-state index in [4.69, 9.17) is 22.3 Å². The van der Waals surface area contributed by atoms with Gasteiger partial charge in [-0.1, -0.05) is 79.2 Å². The second kappa shape index (κ2) is 16.2. The van der Waals surface area contributed by atoms with Crippen molar-refractivity contribution >= 4 is 12.3 Å². The summed E-state index contributed by atoms with van der Waals surface area (Å²) in [5.41, 5.74) is 18.5. The summed E-state index contributed by atoms with van der Waals surface area (Å²) < 4.78 is 36.2. The molecule has 0 spiro atoms. The van der Waals surface area contributed by atoms with Crippen LogP contribution in [0, 0.1) is 0 Å². The first-order valence-electron chi connectivity index (χ1n) is 11.3. The number of benzene rings is 3. The summed E-state index contributed by atoms with van der Waals surface area (Å²) in [6.45, 7) is 0.732. The lowest BCUT2D eigenvalue weighted by molar-refractivity contribution is -0.139. The van der Waals surface area contributed by atoms with Gasteiger partial charge in [0.05, 0.1) is 5.56 Å². The van der Waals surface area contributed by atoms with Crippen molar-refractivity contribution in [1.29, 1.82) is 0 Å². The molecule has 0 saturated carbocycles. The maximum Gasteiger partial charge on any atom is 0.416 e. The summed E-state index contributed by atoms with van der Waals surface area (Å²) in [4.78, 5) is 20.6. The van der Waals surface area contributed by atoms with Gasteiger partial charge in [-0.25, -0.2) is 0 Å². The number of hydrogen-bond donors (Lipinski definition) is 4. The van der Waals surface area contributed by atoms with Crippen LogP contribution < -0.4 is 17.2 Å². The minimum atomic E-state index is -4.27. The van der Waals surface area contributed by atoms with Crippen molar-refractivity contribution in [3.63, 3.8) is 0 Å². The van der Waals surface area contributed by atoms with Crippen LogP contribution in [0.5, 0.6) is 0 Å². The number of alkyl halides is 3. The lowest BCUT2D eigenvalue weighted by atomic mass is 10.0. The van der Waals surface area contributed by atoms with E-state index < -0.39 is 23.8 Å². The Bertz CT molecular complexity index is 1040. The zero-order valence-corrected chi connectivity index (χ0v) is 19.8. The highest BCUT2D eigenvalue weighted by molar-refractivity contribution is 5.76. The van der Waals surface area contributed by atoms with E-state index >= 15 is 0 Å². The highest BCUT2D eigenvalue weighted by Gasteiger charge is 2.30. The number of carboxylic acids is 1. The van der Waals surface area contributed by atoms with Crippen molar-refractivity contribution < 1.29 is 27.9 Å². The topological polar surface area (TPSA) is 132 Å². The SMILES string of the molecule is NCCCC[C@H](N)C(=O)O.NCc1cccc(C(F)(F)F)c1.O=Cc1ccc(-c2ccccc2)cc1. The van der Waals surface area contributed by atoms with Crippen LogP contribution in [0.4, 0.5) is 13.2 Å². The summed E-state index contributed by atoms with van der Waals surface area (Å²) in [6, 6.07) is 22.0. The monoisotopic (exact) mass is 503 g/mol. The van der Waals surface area contributed by atoms with Crippen LogP contribution in [-0.2, 0) is 17.5 Å². The smallest absolute Gasteiger partial charge is 0.416 e. The second-order valence-electron chi connectivity index (χ2n) is 7.74. The minimum absolute atomic E-state index is 0.129. The van der Waals surface area contributed by atoms with Crippen LogP contribution in [0.2, 0.25) is 0 Å². The van der Waals surface area contributed by atoms with E-state index in [1.165, 1.54) is 11.6 Å². The van der Waals surface area contributed by atoms with E-state index in [1.54, 1.807) is 6.07 Å². The van der Waals surface area contributed by atoms with Crippen molar-refractivity contribution in [2.45, 2.75) is 38.0 Å². The first kappa shape index (κ1) is 30.5. The maximum absolute atomic E-state index is 12.1. The number of carbonyl (C=O) groups is 2. The van der Waals surface area contributed by atoms with E-state index in [2.05, 4.69) is 12.1 Å². The van der Waals surface area contributed by atoms with Crippen molar-refractivity contribution in [2.24, 2.45) is 17.2 Å². The summed E-state index contributed by atoms with van der Waals surface area (Å²) in [7, 11) is 0. The predicted molar refractivity (Wildman–Crippen MR) is 135 cm³/mol. The van der Waals surface area contributed by atoms with Crippen LogP contribution in [0.3, 0.4) is 0 Å². The van der Waals surface area contributed by atoms with Gasteiger partial charge in [0.25, 0.3) is 0 Å². The molecule has 0 aliphatic rings. The molecule has 0 fully saturated rings. The normalized spacial score (nSPS) is 11.3. The Morgan fingerprint density at radius 1 is 0.889 bits per heavy atom. The average molecular weight is 504 g/mol. The molecule has 0 aliphatic heterocycles. The van der Waals surface area contributed by atoms with Crippen LogP contribution >= 0.6 is 0 Å². The zero-order chi connectivity index (χ0) is 27.0. The molecule has 3 aromatic carbocycles. The summed E-state index contributed by atoms with van der Waals surface area (Å²) in [5, 5.41) is 8.33. The van der Waals surface area contributed by atoms with Gasteiger partial charge in [-0.2, -0.15) is 13.2 Å². The number of carbonyl (C=O) groups excluding carboxylic acids is 1. The number of rotatable bonds is 8. The molecule has 0 aromatic heterocycles. The molecule has 7 N–H and O–H groups in total. The molecule has 0 saturated heterocycles. The maximum atomic E-state index is 12.1. The predicted octanol–water partition coefficient (Wildman–Crippen LogP) is 4.86. The van der Waals surface area contributed by atoms with Gasteiger partial charge < -0.3 is 22.3 Å². The number of nitrogens with two attached hydrogens (primary N) is 3. The largest absolute Gasteiger partial charge is 0.480 e. The van der Waals surface area contributed by atoms with Crippen LogP contribution in [0.15, 0.2) is 78.9 Å². The van der Waals surface area contributed by atoms with Crippen molar-refractivity contribution in [1.82, 2.24) is 0 Å². The Balaban J connectivity index is 0.000000275. The Morgan fingerprint density at radius 3 is 2.00 bits per heavy atom. The Kier molecular flexibility index (Phi) is 13.7. The molecule has 6 nitrogen and oxygen atoms in total. The summed E-state index contributed by atoms with van der Waals surface area (Å²) in [5.74, 6) is -0.933. The van der Waals surface area contributed by atoms with Crippen molar-refractivity contribution in [2.75, 3.05) is 6.54 Å². The molecule has 9 heteroatoms. The van der Waals surface area contributed by atoms with E-state index in [-0.39, 0.29) is 6.54 Å². The average Bonchev–Trinajstić information content (AvgIpc) is 2.89. The zero-order valence-electron chi connectivity index (χ0n) is 19.8. The number of halogens is 3. The molecule has 3 rings (SSSR count). The Morgan fingerprint density at radius 2 is 1.50 bits per heavy atom. The third kappa shape index (κ3) is 11.7. The van der Waals surface area contributed by atoms with Crippen molar-refractivity contribution in [3.8, 4) is 11.1 Å². The molecular formula is C27H32F3N3O3. The van der Waals surface area contributed by atoms with E-state index in [9.17, 15) is 22.8 Å². The van der Waals surface area contributed by atoms with Gasteiger partial charge in [-0.05, 0) is 42.1 Å². The molecule has 0 amide bonds.